The topological polar surface area (TPSA) is 57.6 Å². The number of carbonyl (C=O) groups is 2. The van der Waals surface area contributed by atoms with Gasteiger partial charge in [0.1, 0.15) is 0 Å². The van der Waals surface area contributed by atoms with Crippen LogP contribution in [0.4, 0.5) is 0 Å². The highest BCUT2D eigenvalue weighted by Crippen LogP contribution is 2.34. The molecule has 4 heteroatoms. The first-order valence-electron chi connectivity index (χ1n) is 5.68. The van der Waals surface area contributed by atoms with E-state index in [0.29, 0.717) is 12.3 Å². The summed E-state index contributed by atoms with van der Waals surface area (Å²) in [5, 5.41) is 8.73. The molecular formula is C11H17NO3. The minimum Gasteiger partial charge on any atom is -0.481 e. The van der Waals surface area contributed by atoms with Crippen molar-refractivity contribution in [1.82, 2.24) is 4.90 Å². The molecular weight excluding hydrogens is 194 g/mol. The van der Waals surface area contributed by atoms with Gasteiger partial charge in [-0.15, -0.1) is 0 Å². The Kier molecular flexibility index (Phi) is 2.93. The van der Waals surface area contributed by atoms with Crippen molar-refractivity contribution in [3.8, 4) is 0 Å². The molecule has 2 rings (SSSR count). The number of rotatable bonds is 4. The number of carboxylic acid groups (broad SMARTS) is 1. The van der Waals surface area contributed by atoms with Crippen molar-refractivity contribution < 1.29 is 14.7 Å². The van der Waals surface area contributed by atoms with Crippen molar-refractivity contribution >= 4 is 11.9 Å². The number of amides is 1. The maximum Gasteiger partial charge on any atom is 0.305 e. The van der Waals surface area contributed by atoms with Gasteiger partial charge in [-0.3, -0.25) is 9.59 Å². The molecule has 0 radical (unpaired) electrons. The van der Waals surface area contributed by atoms with Gasteiger partial charge in [0.25, 0.3) is 0 Å². The molecule has 1 heterocycles. The standard InChI is InChI=1S/C11H17NO3/c13-10(6-8-3-4-8)12-5-1-2-9(12)7-11(14)15/h8-9H,1-7H2,(H,14,15). The summed E-state index contributed by atoms with van der Waals surface area (Å²) >= 11 is 0. The predicted octanol–water partition coefficient (Wildman–Crippen LogP) is 1.25. The first-order valence-corrected chi connectivity index (χ1v) is 5.68. The predicted molar refractivity (Wildman–Crippen MR) is 54.3 cm³/mol. The van der Waals surface area contributed by atoms with Gasteiger partial charge in [-0.1, -0.05) is 0 Å². The molecule has 84 valence electrons. The lowest BCUT2D eigenvalue weighted by Gasteiger charge is -2.23. The Hall–Kier alpha value is -1.06. The van der Waals surface area contributed by atoms with Crippen LogP contribution in [-0.4, -0.2) is 34.5 Å². The summed E-state index contributed by atoms with van der Waals surface area (Å²) in [5.74, 6) is -0.0454. The molecule has 1 atom stereocenters. The molecule has 1 aliphatic carbocycles. The minimum absolute atomic E-state index is 0.0475. The molecule has 0 aromatic rings. The van der Waals surface area contributed by atoms with Gasteiger partial charge in [0, 0.05) is 19.0 Å². The van der Waals surface area contributed by atoms with Gasteiger partial charge in [-0.2, -0.15) is 0 Å². The first-order chi connectivity index (χ1) is 7.16. The fraction of sp³-hybridized carbons (Fsp3) is 0.818. The summed E-state index contributed by atoms with van der Waals surface area (Å²) in [6.45, 7) is 0.753. The van der Waals surface area contributed by atoms with E-state index in [4.69, 9.17) is 5.11 Å². The van der Waals surface area contributed by atoms with Gasteiger partial charge in [0.05, 0.1) is 6.42 Å². The fourth-order valence-corrected chi connectivity index (χ4v) is 2.26. The van der Waals surface area contributed by atoms with Crippen LogP contribution in [0.3, 0.4) is 0 Å². The van der Waals surface area contributed by atoms with Crippen molar-refractivity contribution in [2.45, 2.75) is 44.6 Å². The zero-order chi connectivity index (χ0) is 10.8. The summed E-state index contributed by atoms with van der Waals surface area (Å²) in [6.07, 6.45) is 4.88. The molecule has 0 aromatic heterocycles. The molecule has 2 aliphatic rings. The molecule has 1 unspecified atom stereocenters. The quantitative estimate of drug-likeness (QED) is 0.761. The molecule has 0 spiro atoms. The van der Waals surface area contributed by atoms with Gasteiger partial charge < -0.3 is 10.0 Å². The van der Waals surface area contributed by atoms with Crippen LogP contribution in [0.1, 0.15) is 38.5 Å². The highest BCUT2D eigenvalue weighted by atomic mass is 16.4. The third-order valence-electron chi connectivity index (χ3n) is 3.27. The fourth-order valence-electron chi connectivity index (χ4n) is 2.26. The normalized spacial score (nSPS) is 25.6. The van der Waals surface area contributed by atoms with E-state index in [1.54, 1.807) is 4.90 Å². The number of carbonyl (C=O) groups excluding carboxylic acids is 1. The Morgan fingerprint density at radius 2 is 1.93 bits per heavy atom. The van der Waals surface area contributed by atoms with Gasteiger partial charge in [-0.25, -0.2) is 0 Å². The summed E-state index contributed by atoms with van der Waals surface area (Å²) in [4.78, 5) is 24.2. The first kappa shape index (κ1) is 10.5. The van der Waals surface area contributed by atoms with Crippen LogP contribution in [0, 0.1) is 5.92 Å². The van der Waals surface area contributed by atoms with Crippen LogP contribution in [0.25, 0.3) is 0 Å². The lowest BCUT2D eigenvalue weighted by molar-refractivity contribution is -0.140. The lowest BCUT2D eigenvalue weighted by Crippen LogP contribution is -2.36. The second kappa shape index (κ2) is 4.21. The lowest BCUT2D eigenvalue weighted by atomic mass is 10.1. The molecule has 4 nitrogen and oxygen atoms in total. The van der Waals surface area contributed by atoms with E-state index < -0.39 is 5.97 Å². The number of hydrogen-bond donors (Lipinski definition) is 1. The zero-order valence-electron chi connectivity index (χ0n) is 8.82. The number of carboxylic acids is 1. The molecule has 1 saturated heterocycles. The smallest absolute Gasteiger partial charge is 0.305 e. The Morgan fingerprint density at radius 3 is 2.53 bits per heavy atom. The molecule has 1 aliphatic heterocycles. The number of hydrogen-bond acceptors (Lipinski definition) is 2. The number of aliphatic carboxylic acids is 1. The molecule has 0 aromatic carbocycles. The largest absolute Gasteiger partial charge is 0.481 e. The SMILES string of the molecule is O=C(O)CC1CCCN1C(=O)CC1CC1. The van der Waals surface area contributed by atoms with E-state index in [2.05, 4.69) is 0 Å². The van der Waals surface area contributed by atoms with Crippen LogP contribution >= 0.6 is 0 Å². The average molecular weight is 211 g/mol. The van der Waals surface area contributed by atoms with Gasteiger partial charge in [0.2, 0.25) is 5.91 Å². The van der Waals surface area contributed by atoms with Crippen molar-refractivity contribution in [2.24, 2.45) is 5.92 Å². The molecule has 2 fully saturated rings. The molecule has 1 saturated carbocycles. The van der Waals surface area contributed by atoms with E-state index in [0.717, 1.165) is 19.4 Å². The second-order valence-corrected chi connectivity index (χ2v) is 4.63. The van der Waals surface area contributed by atoms with Crippen molar-refractivity contribution in [2.75, 3.05) is 6.54 Å². The van der Waals surface area contributed by atoms with E-state index >= 15 is 0 Å². The Balaban J connectivity index is 1.87. The molecule has 0 bridgehead atoms. The Bertz CT molecular complexity index is 273. The zero-order valence-corrected chi connectivity index (χ0v) is 8.82. The Labute approximate surface area is 89.3 Å². The van der Waals surface area contributed by atoms with Crippen LogP contribution in [0.15, 0.2) is 0 Å². The average Bonchev–Trinajstić information content (AvgIpc) is 2.83. The van der Waals surface area contributed by atoms with E-state index in [9.17, 15) is 9.59 Å². The molecule has 1 N–H and O–H groups in total. The Morgan fingerprint density at radius 1 is 1.20 bits per heavy atom. The maximum atomic E-state index is 11.8. The van der Waals surface area contributed by atoms with Crippen LogP contribution in [-0.2, 0) is 9.59 Å². The van der Waals surface area contributed by atoms with Crippen molar-refractivity contribution in [3.05, 3.63) is 0 Å². The second-order valence-electron chi connectivity index (χ2n) is 4.63. The van der Waals surface area contributed by atoms with Gasteiger partial charge in [-0.05, 0) is 31.6 Å². The van der Waals surface area contributed by atoms with E-state index in [1.165, 1.54) is 12.8 Å². The number of nitrogens with zero attached hydrogens (tertiary/aromatic N) is 1. The summed E-state index contributed by atoms with van der Waals surface area (Å²) in [6, 6.07) is -0.0475. The van der Waals surface area contributed by atoms with Crippen molar-refractivity contribution in [1.29, 1.82) is 0 Å². The maximum absolute atomic E-state index is 11.8. The third kappa shape index (κ3) is 2.70. The highest BCUT2D eigenvalue weighted by Gasteiger charge is 2.33. The third-order valence-corrected chi connectivity index (χ3v) is 3.27. The molecule has 1 amide bonds. The minimum atomic E-state index is -0.800. The molecule has 15 heavy (non-hydrogen) atoms. The highest BCUT2D eigenvalue weighted by molar-refractivity contribution is 5.78. The van der Waals surface area contributed by atoms with Crippen LogP contribution in [0.2, 0.25) is 0 Å². The van der Waals surface area contributed by atoms with Crippen LogP contribution < -0.4 is 0 Å². The van der Waals surface area contributed by atoms with E-state index in [-0.39, 0.29) is 18.4 Å². The number of likely N-dealkylation sites (tertiary alicyclic amines) is 1. The summed E-state index contributed by atoms with van der Waals surface area (Å²) < 4.78 is 0. The monoisotopic (exact) mass is 211 g/mol. The summed E-state index contributed by atoms with van der Waals surface area (Å²) in [5.41, 5.74) is 0. The van der Waals surface area contributed by atoms with Gasteiger partial charge >= 0.3 is 5.97 Å². The van der Waals surface area contributed by atoms with Gasteiger partial charge in [0.15, 0.2) is 0 Å². The van der Waals surface area contributed by atoms with E-state index in [1.807, 2.05) is 0 Å². The summed E-state index contributed by atoms with van der Waals surface area (Å²) in [7, 11) is 0. The van der Waals surface area contributed by atoms with Crippen LogP contribution in [0.5, 0.6) is 0 Å². The van der Waals surface area contributed by atoms with Crippen molar-refractivity contribution in [3.63, 3.8) is 0 Å².